The van der Waals surface area contributed by atoms with Crippen molar-refractivity contribution in [2.45, 2.75) is 26.8 Å². The van der Waals surface area contributed by atoms with E-state index in [2.05, 4.69) is 43.5 Å². The maximum atomic E-state index is 6.01. The molecule has 2 aromatic rings. The standard InChI is InChI=1S/C17H19ClN2S/c1-11-7-8-16(9-12(11)2)20-17(21)19-13(3)14-5-4-6-15(18)10-14/h4-10,13H,1-3H3,(H2,19,20,21)/t13-/m0/s1. The predicted octanol–water partition coefficient (Wildman–Crippen LogP) is 5.00. The van der Waals surface area contributed by atoms with Crippen molar-refractivity contribution < 1.29 is 0 Å². The number of hydrogen-bond acceptors (Lipinski definition) is 1. The van der Waals surface area contributed by atoms with Crippen molar-refractivity contribution in [1.29, 1.82) is 0 Å². The van der Waals surface area contributed by atoms with Gasteiger partial charge in [-0.1, -0.05) is 29.8 Å². The summed E-state index contributed by atoms with van der Waals surface area (Å²) >= 11 is 11.4. The third kappa shape index (κ3) is 4.45. The van der Waals surface area contributed by atoms with Gasteiger partial charge in [0.2, 0.25) is 0 Å². The molecule has 0 saturated carbocycles. The van der Waals surface area contributed by atoms with E-state index in [1.165, 1.54) is 11.1 Å². The van der Waals surface area contributed by atoms with Crippen LogP contribution in [-0.2, 0) is 0 Å². The van der Waals surface area contributed by atoms with Gasteiger partial charge in [-0.3, -0.25) is 0 Å². The molecule has 0 aliphatic heterocycles. The van der Waals surface area contributed by atoms with Gasteiger partial charge < -0.3 is 10.6 Å². The lowest BCUT2D eigenvalue weighted by atomic mass is 10.1. The molecule has 0 aromatic heterocycles. The zero-order valence-corrected chi connectivity index (χ0v) is 14.0. The second kappa shape index (κ2) is 6.92. The van der Waals surface area contributed by atoms with Crippen molar-refractivity contribution in [3.05, 3.63) is 64.2 Å². The lowest BCUT2D eigenvalue weighted by Gasteiger charge is -2.18. The van der Waals surface area contributed by atoms with Crippen LogP contribution in [0.5, 0.6) is 0 Å². The highest BCUT2D eigenvalue weighted by atomic mass is 35.5. The lowest BCUT2D eigenvalue weighted by Crippen LogP contribution is -2.30. The van der Waals surface area contributed by atoms with E-state index in [-0.39, 0.29) is 6.04 Å². The number of anilines is 1. The van der Waals surface area contributed by atoms with Gasteiger partial charge >= 0.3 is 0 Å². The van der Waals surface area contributed by atoms with Gasteiger partial charge in [0.25, 0.3) is 0 Å². The molecule has 2 N–H and O–H groups in total. The minimum atomic E-state index is 0.0928. The van der Waals surface area contributed by atoms with Gasteiger partial charge in [0.1, 0.15) is 0 Å². The Balaban J connectivity index is 1.99. The number of nitrogens with one attached hydrogen (secondary N) is 2. The summed E-state index contributed by atoms with van der Waals surface area (Å²) in [6.45, 7) is 6.24. The van der Waals surface area contributed by atoms with Crippen LogP contribution < -0.4 is 10.6 Å². The summed E-state index contributed by atoms with van der Waals surface area (Å²) in [4.78, 5) is 0. The SMILES string of the molecule is Cc1ccc(NC(=S)N[C@@H](C)c2cccc(Cl)c2)cc1C. The van der Waals surface area contributed by atoms with E-state index < -0.39 is 0 Å². The number of hydrogen-bond donors (Lipinski definition) is 2. The Morgan fingerprint density at radius 2 is 1.86 bits per heavy atom. The molecule has 2 aromatic carbocycles. The van der Waals surface area contributed by atoms with Crippen LogP contribution in [0.2, 0.25) is 5.02 Å². The predicted molar refractivity (Wildman–Crippen MR) is 95.1 cm³/mol. The smallest absolute Gasteiger partial charge is 0.171 e. The van der Waals surface area contributed by atoms with E-state index in [4.69, 9.17) is 23.8 Å². The van der Waals surface area contributed by atoms with Crippen molar-refractivity contribution in [2.24, 2.45) is 0 Å². The highest BCUT2D eigenvalue weighted by Gasteiger charge is 2.07. The molecule has 0 fully saturated rings. The van der Waals surface area contributed by atoms with E-state index in [1.54, 1.807) is 0 Å². The fourth-order valence-corrected chi connectivity index (χ4v) is 2.54. The quantitative estimate of drug-likeness (QED) is 0.778. The Morgan fingerprint density at radius 1 is 1.10 bits per heavy atom. The van der Waals surface area contributed by atoms with Crippen molar-refractivity contribution in [1.82, 2.24) is 5.32 Å². The molecule has 0 aliphatic rings. The molecule has 0 saturated heterocycles. The Labute approximate surface area is 136 Å². The zero-order chi connectivity index (χ0) is 15.4. The molecular formula is C17H19ClN2S. The number of thiocarbonyl (C=S) groups is 1. The van der Waals surface area contributed by atoms with Gasteiger partial charge in [0, 0.05) is 10.7 Å². The number of halogens is 1. The average Bonchev–Trinajstić information content (AvgIpc) is 2.43. The zero-order valence-electron chi connectivity index (χ0n) is 12.4. The molecule has 0 heterocycles. The summed E-state index contributed by atoms with van der Waals surface area (Å²) < 4.78 is 0. The van der Waals surface area contributed by atoms with Gasteiger partial charge in [-0.25, -0.2) is 0 Å². The van der Waals surface area contributed by atoms with Crippen LogP contribution in [0.3, 0.4) is 0 Å². The highest BCUT2D eigenvalue weighted by Crippen LogP contribution is 2.18. The first-order valence-electron chi connectivity index (χ1n) is 6.86. The lowest BCUT2D eigenvalue weighted by molar-refractivity contribution is 0.723. The van der Waals surface area contributed by atoms with Crippen LogP contribution in [0.4, 0.5) is 5.69 Å². The van der Waals surface area contributed by atoms with E-state index in [1.807, 2.05) is 30.3 Å². The van der Waals surface area contributed by atoms with Crippen LogP contribution in [0, 0.1) is 13.8 Å². The molecule has 4 heteroatoms. The summed E-state index contributed by atoms with van der Waals surface area (Å²) in [6.07, 6.45) is 0. The molecule has 2 nitrogen and oxygen atoms in total. The Morgan fingerprint density at radius 3 is 2.52 bits per heavy atom. The van der Waals surface area contributed by atoms with Crippen molar-refractivity contribution in [3.63, 3.8) is 0 Å². The van der Waals surface area contributed by atoms with Gasteiger partial charge in [0.05, 0.1) is 6.04 Å². The Hall–Kier alpha value is -1.58. The van der Waals surface area contributed by atoms with Gasteiger partial charge in [0.15, 0.2) is 5.11 Å². The fraction of sp³-hybridized carbons (Fsp3) is 0.235. The van der Waals surface area contributed by atoms with Crippen molar-refractivity contribution in [2.75, 3.05) is 5.32 Å². The molecule has 0 aliphatic carbocycles. The number of benzene rings is 2. The van der Waals surface area contributed by atoms with Gasteiger partial charge in [-0.2, -0.15) is 0 Å². The second-order valence-corrected chi connectivity index (χ2v) is 6.02. The first-order chi connectivity index (χ1) is 9.95. The molecule has 0 bridgehead atoms. The summed E-state index contributed by atoms with van der Waals surface area (Å²) in [6, 6.07) is 14.1. The molecular weight excluding hydrogens is 300 g/mol. The maximum Gasteiger partial charge on any atom is 0.171 e. The van der Waals surface area contributed by atoms with E-state index in [0.717, 1.165) is 16.3 Å². The van der Waals surface area contributed by atoms with Crippen molar-refractivity contribution >= 4 is 34.6 Å². The van der Waals surface area contributed by atoms with E-state index in [0.29, 0.717) is 5.11 Å². The highest BCUT2D eigenvalue weighted by molar-refractivity contribution is 7.80. The Bertz CT molecular complexity index is 655. The molecule has 1 atom stereocenters. The van der Waals surface area contributed by atoms with Crippen molar-refractivity contribution in [3.8, 4) is 0 Å². The van der Waals surface area contributed by atoms with E-state index in [9.17, 15) is 0 Å². The third-order valence-electron chi connectivity index (χ3n) is 3.46. The molecule has 2 rings (SSSR count). The first kappa shape index (κ1) is 15.8. The molecule has 0 spiro atoms. The molecule has 0 unspecified atom stereocenters. The molecule has 0 radical (unpaired) electrons. The molecule has 110 valence electrons. The third-order valence-corrected chi connectivity index (χ3v) is 3.92. The monoisotopic (exact) mass is 318 g/mol. The minimum absolute atomic E-state index is 0.0928. The fourth-order valence-electron chi connectivity index (χ4n) is 2.04. The normalized spacial score (nSPS) is 11.8. The topological polar surface area (TPSA) is 24.1 Å². The summed E-state index contributed by atoms with van der Waals surface area (Å²) in [5, 5.41) is 7.81. The van der Waals surface area contributed by atoms with Crippen LogP contribution in [-0.4, -0.2) is 5.11 Å². The largest absolute Gasteiger partial charge is 0.356 e. The minimum Gasteiger partial charge on any atom is -0.356 e. The summed E-state index contributed by atoms with van der Waals surface area (Å²) in [5.41, 5.74) is 4.61. The molecule has 21 heavy (non-hydrogen) atoms. The molecule has 0 amide bonds. The van der Waals surface area contributed by atoms with Gasteiger partial charge in [-0.15, -0.1) is 0 Å². The van der Waals surface area contributed by atoms with Crippen LogP contribution >= 0.6 is 23.8 Å². The van der Waals surface area contributed by atoms with Gasteiger partial charge in [-0.05, 0) is 73.9 Å². The Kier molecular flexibility index (Phi) is 5.21. The summed E-state index contributed by atoms with van der Waals surface area (Å²) in [5.74, 6) is 0. The second-order valence-electron chi connectivity index (χ2n) is 5.17. The van der Waals surface area contributed by atoms with Crippen LogP contribution in [0.1, 0.15) is 29.7 Å². The summed E-state index contributed by atoms with van der Waals surface area (Å²) in [7, 11) is 0. The van der Waals surface area contributed by atoms with E-state index >= 15 is 0 Å². The number of aryl methyl sites for hydroxylation is 2. The van der Waals surface area contributed by atoms with Crippen LogP contribution in [0.15, 0.2) is 42.5 Å². The average molecular weight is 319 g/mol. The first-order valence-corrected chi connectivity index (χ1v) is 7.64. The maximum absolute atomic E-state index is 6.01. The number of rotatable bonds is 3. The van der Waals surface area contributed by atoms with Crippen LogP contribution in [0.25, 0.3) is 0 Å².